The average molecular weight is 293 g/mol. The molecule has 112 valence electrons. The smallest absolute Gasteiger partial charge is 0.239 e. The van der Waals surface area contributed by atoms with Gasteiger partial charge in [-0.2, -0.15) is 0 Å². The van der Waals surface area contributed by atoms with Crippen LogP contribution in [-0.2, 0) is 21.3 Å². The summed E-state index contributed by atoms with van der Waals surface area (Å²) in [6.07, 6.45) is 0. The van der Waals surface area contributed by atoms with Gasteiger partial charge in [-0.15, -0.1) is 0 Å². The highest BCUT2D eigenvalue weighted by atomic mass is 19.1. The lowest BCUT2D eigenvalue weighted by atomic mass is 9.86. The first-order valence-electron chi connectivity index (χ1n) is 6.56. The van der Waals surface area contributed by atoms with E-state index in [-0.39, 0.29) is 18.3 Å². The Morgan fingerprint density at radius 2 is 2.33 bits per heavy atom. The number of hydrogen-bond acceptors (Lipinski definition) is 4. The number of imidazole rings is 1. The summed E-state index contributed by atoms with van der Waals surface area (Å²) in [6.45, 7) is 0.938. The van der Waals surface area contributed by atoms with Crippen molar-refractivity contribution in [2.75, 3.05) is 32.2 Å². The van der Waals surface area contributed by atoms with Crippen LogP contribution >= 0.6 is 0 Å². The highest BCUT2D eigenvalue weighted by Crippen LogP contribution is 2.30. The van der Waals surface area contributed by atoms with Crippen LogP contribution in [0.25, 0.3) is 11.0 Å². The fourth-order valence-corrected chi connectivity index (χ4v) is 2.41. The third-order valence-corrected chi connectivity index (χ3v) is 3.73. The molecule has 0 atom stereocenters. The van der Waals surface area contributed by atoms with Crippen LogP contribution in [0.5, 0.6) is 0 Å². The molecular weight excluding hydrogens is 277 g/mol. The van der Waals surface area contributed by atoms with Crippen LogP contribution in [0.3, 0.4) is 0 Å². The van der Waals surface area contributed by atoms with Crippen LogP contribution in [0.4, 0.5) is 10.3 Å². The van der Waals surface area contributed by atoms with Gasteiger partial charge in [-0.1, -0.05) is 0 Å². The Bertz CT molecular complexity index is 694. The summed E-state index contributed by atoms with van der Waals surface area (Å²) in [5, 5.41) is 2.78. The van der Waals surface area contributed by atoms with E-state index in [9.17, 15) is 9.18 Å². The Hall–Kier alpha value is -1.99. The molecule has 0 aliphatic carbocycles. The molecule has 0 unspecified atom stereocenters. The molecule has 0 radical (unpaired) electrons. The number of nitrogens with one attached hydrogen (secondary N) is 1. The number of carbonyl (C=O) groups excluding carboxylic acids is 1. The first kappa shape index (κ1) is 14.0. The Labute approximate surface area is 120 Å². The lowest BCUT2D eigenvalue weighted by Gasteiger charge is -2.38. The minimum Gasteiger partial charge on any atom is -0.383 e. The van der Waals surface area contributed by atoms with Gasteiger partial charge in [0.2, 0.25) is 11.9 Å². The van der Waals surface area contributed by atoms with Gasteiger partial charge >= 0.3 is 0 Å². The summed E-state index contributed by atoms with van der Waals surface area (Å²) in [5.74, 6) is -0.163. The zero-order chi connectivity index (χ0) is 15.0. The number of halogens is 1. The molecule has 7 heteroatoms. The van der Waals surface area contributed by atoms with Crippen molar-refractivity contribution < 1.29 is 18.7 Å². The van der Waals surface area contributed by atoms with Crippen LogP contribution in [0.15, 0.2) is 18.2 Å². The molecule has 0 bridgehead atoms. The molecule has 3 rings (SSSR count). The fraction of sp³-hybridized carbons (Fsp3) is 0.429. The van der Waals surface area contributed by atoms with E-state index < -0.39 is 5.41 Å². The van der Waals surface area contributed by atoms with Crippen LogP contribution in [0, 0.1) is 11.2 Å². The second-order valence-corrected chi connectivity index (χ2v) is 5.29. The number of anilines is 1. The van der Waals surface area contributed by atoms with Crippen LogP contribution < -0.4 is 5.32 Å². The third-order valence-electron chi connectivity index (χ3n) is 3.73. The van der Waals surface area contributed by atoms with E-state index in [0.29, 0.717) is 30.2 Å². The van der Waals surface area contributed by atoms with Crippen molar-refractivity contribution in [2.45, 2.75) is 0 Å². The van der Waals surface area contributed by atoms with Gasteiger partial charge in [0.25, 0.3) is 0 Å². The molecule has 1 aromatic heterocycles. The predicted octanol–water partition coefficient (Wildman–Crippen LogP) is 1.31. The van der Waals surface area contributed by atoms with Crippen molar-refractivity contribution in [3.05, 3.63) is 24.0 Å². The molecule has 0 spiro atoms. The molecule has 1 aromatic carbocycles. The highest BCUT2D eigenvalue weighted by Gasteiger charge is 2.46. The number of amides is 1. The minimum absolute atomic E-state index is 0.200. The van der Waals surface area contributed by atoms with Gasteiger partial charge in [0.1, 0.15) is 11.2 Å². The van der Waals surface area contributed by atoms with Gasteiger partial charge in [0.15, 0.2) is 0 Å². The van der Waals surface area contributed by atoms with Crippen molar-refractivity contribution in [3.8, 4) is 0 Å². The standard InChI is InChI=1S/C14H16FN3O3/c1-18-11-5-9(15)3-4-10(11)16-13(18)17-12(19)14(6-20-2)7-21-8-14/h3-5H,6-8H2,1-2H3,(H,16,17,19). The van der Waals surface area contributed by atoms with Crippen LogP contribution in [0.2, 0.25) is 0 Å². The molecule has 1 aliphatic heterocycles. The molecule has 1 aliphatic rings. The van der Waals surface area contributed by atoms with E-state index in [0.717, 1.165) is 0 Å². The van der Waals surface area contributed by atoms with E-state index in [1.165, 1.54) is 12.1 Å². The Morgan fingerprint density at radius 1 is 1.57 bits per heavy atom. The van der Waals surface area contributed by atoms with E-state index in [4.69, 9.17) is 9.47 Å². The number of methoxy groups -OCH3 is 1. The van der Waals surface area contributed by atoms with Gasteiger partial charge in [0.05, 0.1) is 30.9 Å². The molecule has 2 heterocycles. The SMILES string of the molecule is COCC1(C(=O)Nc2nc3ccc(F)cc3n2C)COC1. The van der Waals surface area contributed by atoms with Crippen LogP contribution in [-0.4, -0.2) is 42.4 Å². The van der Waals surface area contributed by atoms with Gasteiger partial charge in [-0.25, -0.2) is 9.37 Å². The highest BCUT2D eigenvalue weighted by molar-refractivity contribution is 5.96. The molecular formula is C14H16FN3O3. The number of rotatable bonds is 4. The lowest BCUT2D eigenvalue weighted by molar-refractivity contribution is -0.167. The minimum atomic E-state index is -0.669. The zero-order valence-corrected chi connectivity index (χ0v) is 11.9. The average Bonchev–Trinajstić information content (AvgIpc) is 2.71. The molecule has 1 fully saturated rings. The number of ether oxygens (including phenoxy) is 2. The molecule has 21 heavy (non-hydrogen) atoms. The number of carbonyl (C=O) groups is 1. The summed E-state index contributed by atoms with van der Waals surface area (Å²) in [4.78, 5) is 16.7. The molecule has 1 N–H and O–H groups in total. The molecule has 2 aromatic rings. The maximum atomic E-state index is 13.3. The maximum absolute atomic E-state index is 13.3. The second kappa shape index (κ2) is 5.09. The third kappa shape index (κ3) is 2.28. The van der Waals surface area contributed by atoms with Crippen molar-refractivity contribution in [3.63, 3.8) is 0 Å². The Morgan fingerprint density at radius 3 is 2.95 bits per heavy atom. The number of fused-ring (bicyclic) bond motifs is 1. The van der Waals surface area contributed by atoms with E-state index in [2.05, 4.69) is 10.3 Å². The van der Waals surface area contributed by atoms with E-state index in [1.807, 2.05) is 0 Å². The Kier molecular flexibility index (Phi) is 3.38. The quantitative estimate of drug-likeness (QED) is 0.923. The summed E-state index contributed by atoms with van der Waals surface area (Å²) in [7, 11) is 3.27. The zero-order valence-electron chi connectivity index (χ0n) is 11.9. The van der Waals surface area contributed by atoms with E-state index in [1.54, 1.807) is 24.8 Å². The van der Waals surface area contributed by atoms with Crippen molar-refractivity contribution >= 4 is 22.9 Å². The largest absolute Gasteiger partial charge is 0.383 e. The van der Waals surface area contributed by atoms with Gasteiger partial charge in [-0.05, 0) is 18.2 Å². The van der Waals surface area contributed by atoms with E-state index >= 15 is 0 Å². The van der Waals surface area contributed by atoms with Crippen LogP contribution in [0.1, 0.15) is 0 Å². The fourth-order valence-electron chi connectivity index (χ4n) is 2.41. The van der Waals surface area contributed by atoms with Gasteiger partial charge in [0, 0.05) is 14.2 Å². The summed E-state index contributed by atoms with van der Waals surface area (Å²) >= 11 is 0. The number of aryl methyl sites for hydroxylation is 1. The Balaban J connectivity index is 1.88. The summed E-state index contributed by atoms with van der Waals surface area (Å²) in [5.41, 5.74) is 0.578. The maximum Gasteiger partial charge on any atom is 0.239 e. The number of nitrogens with zero attached hydrogens (tertiary/aromatic N) is 2. The molecule has 0 saturated carbocycles. The first-order chi connectivity index (χ1) is 10.1. The molecule has 1 saturated heterocycles. The summed E-state index contributed by atoms with van der Waals surface area (Å²) in [6, 6.07) is 4.31. The van der Waals surface area contributed by atoms with Crippen molar-refractivity contribution in [1.82, 2.24) is 9.55 Å². The topological polar surface area (TPSA) is 65.4 Å². The summed E-state index contributed by atoms with van der Waals surface area (Å²) < 4.78 is 25.2. The molecule has 6 nitrogen and oxygen atoms in total. The van der Waals surface area contributed by atoms with Gasteiger partial charge < -0.3 is 14.0 Å². The molecule has 1 amide bonds. The normalized spacial score (nSPS) is 16.7. The van der Waals surface area contributed by atoms with Gasteiger partial charge in [-0.3, -0.25) is 10.1 Å². The number of hydrogen-bond donors (Lipinski definition) is 1. The lowest BCUT2D eigenvalue weighted by Crippen LogP contribution is -2.54. The predicted molar refractivity (Wildman–Crippen MR) is 74.4 cm³/mol. The second-order valence-electron chi connectivity index (χ2n) is 5.29. The number of aromatic nitrogens is 2. The number of benzene rings is 1. The monoisotopic (exact) mass is 293 g/mol. The van der Waals surface area contributed by atoms with Crippen molar-refractivity contribution in [2.24, 2.45) is 12.5 Å². The van der Waals surface area contributed by atoms with Crippen molar-refractivity contribution in [1.29, 1.82) is 0 Å². The first-order valence-corrected chi connectivity index (χ1v) is 6.56.